The summed E-state index contributed by atoms with van der Waals surface area (Å²) in [7, 11) is 0. The summed E-state index contributed by atoms with van der Waals surface area (Å²) in [5, 5.41) is 3.56. The second kappa shape index (κ2) is 10.3. The molecule has 2 rings (SSSR count). The number of thiazole rings is 1. The van der Waals surface area contributed by atoms with E-state index < -0.39 is 0 Å². The molecule has 7 heteroatoms. The zero-order chi connectivity index (χ0) is 20.8. The molecule has 1 N–H and O–H groups in total. The van der Waals surface area contributed by atoms with Crippen LogP contribution >= 0.6 is 11.3 Å². The number of aryl methyl sites for hydroxylation is 2. The van der Waals surface area contributed by atoms with Crippen molar-refractivity contribution < 1.29 is 9.59 Å². The first-order valence-corrected chi connectivity index (χ1v) is 11.2. The highest BCUT2D eigenvalue weighted by Gasteiger charge is 2.30. The number of carbonyl (C=O) groups is 2. The van der Waals surface area contributed by atoms with Gasteiger partial charge < -0.3 is 10.2 Å². The standard InChI is InChI=1S/C21H36N4O2S/c1-14(2)10-25(11-15(3)4)20(27)18-8-7-9-24(12-18)13-19(26)23-21-22-16(5)17(6)28-21/h14-15,18H,7-13H2,1-6H3,(H,22,23,26). The molecule has 1 unspecified atom stereocenters. The van der Waals surface area contributed by atoms with E-state index in [-0.39, 0.29) is 17.7 Å². The molecule has 0 bridgehead atoms. The predicted octanol–water partition coefficient (Wildman–Crippen LogP) is 3.55. The number of nitrogens with zero attached hydrogens (tertiary/aromatic N) is 3. The fraction of sp³-hybridized carbons (Fsp3) is 0.762. The van der Waals surface area contributed by atoms with Gasteiger partial charge in [0.25, 0.3) is 0 Å². The molecule has 1 aromatic rings. The van der Waals surface area contributed by atoms with E-state index in [1.165, 1.54) is 11.3 Å². The summed E-state index contributed by atoms with van der Waals surface area (Å²) in [6.07, 6.45) is 1.87. The predicted molar refractivity (Wildman–Crippen MR) is 116 cm³/mol. The van der Waals surface area contributed by atoms with Gasteiger partial charge in [0.1, 0.15) is 0 Å². The molecule has 1 fully saturated rings. The van der Waals surface area contributed by atoms with E-state index in [2.05, 4.69) is 42.9 Å². The monoisotopic (exact) mass is 408 g/mol. The molecule has 28 heavy (non-hydrogen) atoms. The summed E-state index contributed by atoms with van der Waals surface area (Å²) in [5.74, 6) is 1.10. The molecular weight excluding hydrogens is 372 g/mol. The third kappa shape index (κ3) is 6.85. The van der Waals surface area contributed by atoms with Gasteiger partial charge in [-0.2, -0.15) is 0 Å². The number of carbonyl (C=O) groups excluding carboxylic acids is 2. The van der Waals surface area contributed by atoms with E-state index in [1.54, 1.807) is 0 Å². The first-order valence-electron chi connectivity index (χ1n) is 10.4. The number of hydrogen-bond acceptors (Lipinski definition) is 5. The van der Waals surface area contributed by atoms with Crippen LogP contribution in [0.4, 0.5) is 5.13 Å². The lowest BCUT2D eigenvalue weighted by molar-refractivity contribution is -0.139. The van der Waals surface area contributed by atoms with Gasteiger partial charge in [0.15, 0.2) is 5.13 Å². The SMILES string of the molecule is Cc1nc(NC(=O)CN2CCCC(C(=O)N(CC(C)C)CC(C)C)C2)sc1C. The van der Waals surface area contributed by atoms with Crippen molar-refractivity contribution in [3.8, 4) is 0 Å². The van der Waals surface area contributed by atoms with Gasteiger partial charge in [0.05, 0.1) is 18.2 Å². The highest BCUT2D eigenvalue weighted by Crippen LogP contribution is 2.22. The average Bonchev–Trinajstić information content (AvgIpc) is 2.90. The van der Waals surface area contributed by atoms with Crippen molar-refractivity contribution in [1.29, 1.82) is 0 Å². The van der Waals surface area contributed by atoms with Gasteiger partial charge in [-0.25, -0.2) is 4.98 Å². The van der Waals surface area contributed by atoms with Gasteiger partial charge in [-0.15, -0.1) is 11.3 Å². The lowest BCUT2D eigenvalue weighted by Gasteiger charge is -2.35. The molecule has 0 aromatic carbocycles. The fourth-order valence-corrected chi connectivity index (χ4v) is 4.51. The van der Waals surface area contributed by atoms with Crippen LogP contribution < -0.4 is 5.32 Å². The molecule has 6 nitrogen and oxygen atoms in total. The van der Waals surface area contributed by atoms with Crippen molar-refractivity contribution in [2.75, 3.05) is 38.0 Å². The number of hydrogen-bond donors (Lipinski definition) is 1. The van der Waals surface area contributed by atoms with Gasteiger partial charge in [-0.05, 0) is 45.1 Å². The van der Waals surface area contributed by atoms with Crippen molar-refractivity contribution in [2.24, 2.45) is 17.8 Å². The minimum Gasteiger partial charge on any atom is -0.342 e. The lowest BCUT2D eigenvalue weighted by atomic mass is 9.95. The Kier molecular flexibility index (Phi) is 8.43. The van der Waals surface area contributed by atoms with Gasteiger partial charge in [0, 0.05) is 24.5 Å². The second-order valence-corrected chi connectivity index (χ2v) is 10.0. The summed E-state index contributed by atoms with van der Waals surface area (Å²) in [5.41, 5.74) is 0.958. The number of anilines is 1. The molecule has 2 heterocycles. The molecule has 1 saturated heterocycles. The summed E-state index contributed by atoms with van der Waals surface area (Å²) in [6.45, 7) is 16.0. The van der Waals surface area contributed by atoms with Crippen LogP contribution in [0.1, 0.15) is 51.1 Å². The normalized spacial score (nSPS) is 17.9. The number of rotatable bonds is 8. The van der Waals surface area contributed by atoms with Crippen LogP contribution in [0.15, 0.2) is 0 Å². The third-order valence-corrected chi connectivity index (χ3v) is 5.97. The van der Waals surface area contributed by atoms with E-state index in [0.717, 1.165) is 43.0 Å². The minimum atomic E-state index is -0.0527. The Morgan fingerprint density at radius 1 is 1.21 bits per heavy atom. The summed E-state index contributed by atoms with van der Waals surface area (Å²) in [6, 6.07) is 0. The van der Waals surface area contributed by atoms with Crippen molar-refractivity contribution >= 4 is 28.3 Å². The van der Waals surface area contributed by atoms with Crippen LogP contribution in [0.25, 0.3) is 0 Å². The highest BCUT2D eigenvalue weighted by molar-refractivity contribution is 7.15. The summed E-state index contributed by atoms with van der Waals surface area (Å²) in [4.78, 5) is 35.2. The van der Waals surface area contributed by atoms with E-state index in [1.807, 2.05) is 18.7 Å². The van der Waals surface area contributed by atoms with Crippen LogP contribution in [0.2, 0.25) is 0 Å². The van der Waals surface area contributed by atoms with E-state index >= 15 is 0 Å². The molecule has 0 radical (unpaired) electrons. The largest absolute Gasteiger partial charge is 0.342 e. The Labute approximate surface area is 173 Å². The molecule has 0 spiro atoms. The Bertz CT molecular complexity index is 642. The van der Waals surface area contributed by atoms with E-state index in [9.17, 15) is 9.59 Å². The zero-order valence-electron chi connectivity index (χ0n) is 18.2. The number of likely N-dealkylation sites (tertiary alicyclic amines) is 1. The average molecular weight is 409 g/mol. The molecule has 1 aliphatic rings. The van der Waals surface area contributed by atoms with Crippen LogP contribution in [0, 0.1) is 31.6 Å². The molecule has 158 valence electrons. The maximum absolute atomic E-state index is 13.1. The van der Waals surface area contributed by atoms with Crippen molar-refractivity contribution in [2.45, 2.75) is 54.4 Å². The van der Waals surface area contributed by atoms with E-state index in [4.69, 9.17) is 0 Å². The molecule has 1 aliphatic heterocycles. The maximum atomic E-state index is 13.1. The molecule has 1 aromatic heterocycles. The van der Waals surface area contributed by atoms with Crippen molar-refractivity contribution in [3.63, 3.8) is 0 Å². The number of aromatic nitrogens is 1. The number of piperidine rings is 1. The molecule has 1 atom stereocenters. The first kappa shape index (κ1) is 22.8. The van der Waals surface area contributed by atoms with Gasteiger partial charge in [-0.3, -0.25) is 14.5 Å². The molecular formula is C21H36N4O2S. The van der Waals surface area contributed by atoms with Crippen molar-refractivity contribution in [3.05, 3.63) is 10.6 Å². The Morgan fingerprint density at radius 2 is 1.86 bits per heavy atom. The minimum absolute atomic E-state index is 0.0107. The lowest BCUT2D eigenvalue weighted by Crippen LogP contribution is -2.48. The maximum Gasteiger partial charge on any atom is 0.240 e. The summed E-state index contributed by atoms with van der Waals surface area (Å²) >= 11 is 1.50. The Balaban J connectivity index is 1.92. The zero-order valence-corrected chi connectivity index (χ0v) is 19.1. The number of amides is 2. The first-order chi connectivity index (χ1) is 13.2. The van der Waals surface area contributed by atoms with Crippen LogP contribution in [0.5, 0.6) is 0 Å². The van der Waals surface area contributed by atoms with Crippen molar-refractivity contribution in [1.82, 2.24) is 14.8 Å². The smallest absolute Gasteiger partial charge is 0.240 e. The third-order valence-electron chi connectivity index (χ3n) is 4.98. The highest BCUT2D eigenvalue weighted by atomic mass is 32.1. The Morgan fingerprint density at radius 3 is 2.39 bits per heavy atom. The quantitative estimate of drug-likeness (QED) is 0.714. The number of nitrogens with one attached hydrogen (secondary N) is 1. The summed E-state index contributed by atoms with van der Waals surface area (Å²) < 4.78 is 0. The molecule has 0 aliphatic carbocycles. The molecule has 0 saturated carbocycles. The molecule has 2 amide bonds. The fourth-order valence-electron chi connectivity index (χ4n) is 3.68. The second-order valence-electron chi connectivity index (χ2n) is 8.81. The van der Waals surface area contributed by atoms with Crippen LogP contribution in [0.3, 0.4) is 0 Å². The van der Waals surface area contributed by atoms with Crippen LogP contribution in [-0.2, 0) is 9.59 Å². The van der Waals surface area contributed by atoms with Gasteiger partial charge in [-0.1, -0.05) is 27.7 Å². The topological polar surface area (TPSA) is 65.5 Å². The Hall–Kier alpha value is -1.47. The van der Waals surface area contributed by atoms with E-state index in [0.29, 0.717) is 30.1 Å². The van der Waals surface area contributed by atoms with Gasteiger partial charge >= 0.3 is 0 Å². The van der Waals surface area contributed by atoms with Gasteiger partial charge in [0.2, 0.25) is 11.8 Å². The van der Waals surface area contributed by atoms with Crippen LogP contribution in [-0.4, -0.2) is 59.3 Å².